The zero-order valence-corrected chi connectivity index (χ0v) is 45.7. The number of hydrogen-bond donors (Lipinski definition) is 0. The quantitative estimate of drug-likeness (QED) is 0.0345. The van der Waals surface area contributed by atoms with Gasteiger partial charge in [0.25, 0.3) is 0 Å². The van der Waals surface area contributed by atoms with Crippen LogP contribution in [0, 0.1) is 0 Å². The fraction of sp³-hybridized carbons (Fsp3) is 0.662. The van der Waals surface area contributed by atoms with Crippen LogP contribution >= 0.6 is 0 Å². The molecule has 0 aliphatic heterocycles. The molecule has 70 heavy (non-hydrogen) atoms. The lowest BCUT2D eigenvalue weighted by molar-refractivity contribution is -0.162. The number of carbonyl (C=O) groups is 2. The van der Waals surface area contributed by atoms with Crippen molar-refractivity contribution in [1.82, 2.24) is 0 Å². The van der Waals surface area contributed by atoms with Crippen LogP contribution in [-0.2, 0) is 23.8 Å². The molecule has 0 aromatic carbocycles. The number of rotatable bonds is 52. The number of allylic oxidation sites excluding steroid dienone is 20. The second-order valence-corrected chi connectivity index (χ2v) is 18.8. The van der Waals surface area contributed by atoms with Crippen LogP contribution in [-0.4, -0.2) is 37.9 Å². The van der Waals surface area contributed by atoms with E-state index in [0.717, 1.165) is 96.3 Å². The maximum absolute atomic E-state index is 12.9. The zero-order chi connectivity index (χ0) is 50.6. The molecule has 0 bridgehead atoms. The van der Waals surface area contributed by atoms with Crippen LogP contribution in [0.3, 0.4) is 0 Å². The first kappa shape index (κ1) is 66.3. The summed E-state index contributed by atoms with van der Waals surface area (Å²) in [7, 11) is 0. The van der Waals surface area contributed by atoms with Gasteiger partial charge in [0.05, 0.1) is 6.61 Å². The van der Waals surface area contributed by atoms with Crippen molar-refractivity contribution in [3.05, 3.63) is 122 Å². The fourth-order valence-electron chi connectivity index (χ4n) is 7.70. The highest BCUT2D eigenvalue weighted by molar-refractivity contribution is 5.70. The van der Waals surface area contributed by atoms with Crippen LogP contribution in [0.5, 0.6) is 0 Å². The normalized spacial score (nSPS) is 13.1. The van der Waals surface area contributed by atoms with Crippen LogP contribution in [0.4, 0.5) is 0 Å². The smallest absolute Gasteiger partial charge is 0.306 e. The summed E-state index contributed by atoms with van der Waals surface area (Å²) in [6.45, 7) is 7.58. The van der Waals surface area contributed by atoms with E-state index in [1.807, 2.05) is 6.08 Å². The molecule has 1 atom stereocenters. The topological polar surface area (TPSA) is 61.8 Å². The van der Waals surface area contributed by atoms with E-state index in [4.69, 9.17) is 14.2 Å². The number of carbonyl (C=O) groups excluding carboxylic acids is 2. The molecule has 5 nitrogen and oxygen atoms in total. The highest BCUT2D eigenvalue weighted by Gasteiger charge is 2.17. The Morgan fingerprint density at radius 3 is 1.10 bits per heavy atom. The molecule has 0 aliphatic rings. The van der Waals surface area contributed by atoms with E-state index in [0.29, 0.717) is 25.9 Å². The molecule has 0 radical (unpaired) electrons. The molecule has 0 spiro atoms. The van der Waals surface area contributed by atoms with E-state index in [9.17, 15) is 9.59 Å². The summed E-state index contributed by atoms with van der Waals surface area (Å²) in [6.07, 6.45) is 83.7. The average Bonchev–Trinajstić information content (AvgIpc) is 3.36. The summed E-state index contributed by atoms with van der Waals surface area (Å²) in [4.78, 5) is 25.5. The number of esters is 2. The Balaban J connectivity index is 4.47. The first-order chi connectivity index (χ1) is 34.6. The standard InChI is InChI=1S/C65H108O5/c1-4-7-10-13-16-19-22-25-28-31-33-35-37-40-43-46-49-52-55-58-64(66)69-62-63(61-68-60-57-54-51-48-45-42-39-30-27-24-21-18-15-12-9-6-3)70-65(67)59-56-53-50-47-44-41-38-36-34-32-29-26-23-20-17-14-11-8-5-2/h7,10,16-17,19-20,25-26,28-29,33-36,40-41,43-44,49,52,63H,4-6,8-9,11-15,18,21-24,27,30-32,37-39,42,45-48,50-51,53-62H2,1-3H3/b10-7-,19-16-,20-17-,28-25-,29-26-,35-33-,36-34-,43-40-,44-41-,52-49-/t63-/m1/s1. The third kappa shape index (κ3) is 56.9. The molecule has 0 unspecified atom stereocenters. The van der Waals surface area contributed by atoms with Crippen molar-refractivity contribution in [3.8, 4) is 0 Å². The van der Waals surface area contributed by atoms with Crippen molar-refractivity contribution in [2.75, 3.05) is 19.8 Å². The van der Waals surface area contributed by atoms with Gasteiger partial charge in [0.1, 0.15) is 6.61 Å². The Bertz CT molecular complexity index is 1420. The van der Waals surface area contributed by atoms with Crippen LogP contribution in [0.2, 0.25) is 0 Å². The van der Waals surface area contributed by atoms with Gasteiger partial charge in [0.2, 0.25) is 0 Å². The summed E-state index contributed by atoms with van der Waals surface area (Å²) in [6, 6.07) is 0. The van der Waals surface area contributed by atoms with Crippen LogP contribution in [0.1, 0.15) is 252 Å². The Kier molecular flexibility index (Phi) is 56.5. The average molecular weight is 970 g/mol. The highest BCUT2D eigenvalue weighted by Crippen LogP contribution is 2.15. The molecular formula is C65H108O5. The van der Waals surface area contributed by atoms with Gasteiger partial charge in [-0.05, 0) is 103 Å². The SMILES string of the molecule is CC/C=C\C/C=C\C/C=C\C/C=C\C/C=C\C/C=C\CCC(=O)OC[C@@H](COCCCCCCCCCCCCCCCCCC)OC(=O)CCCCC/C=C\C/C=C\C/C=C\C/C=C\CCCCC. The lowest BCUT2D eigenvalue weighted by Gasteiger charge is -2.18. The van der Waals surface area contributed by atoms with Gasteiger partial charge in [0, 0.05) is 19.4 Å². The molecular weight excluding hydrogens is 861 g/mol. The predicted molar refractivity (Wildman–Crippen MR) is 306 cm³/mol. The minimum atomic E-state index is -0.591. The molecule has 0 aliphatic carbocycles. The Morgan fingerprint density at radius 2 is 0.671 bits per heavy atom. The van der Waals surface area contributed by atoms with Gasteiger partial charge in [-0.2, -0.15) is 0 Å². The van der Waals surface area contributed by atoms with Crippen molar-refractivity contribution in [2.45, 2.75) is 258 Å². The summed E-state index contributed by atoms with van der Waals surface area (Å²) >= 11 is 0. The van der Waals surface area contributed by atoms with E-state index in [1.54, 1.807) is 0 Å². The minimum Gasteiger partial charge on any atom is -0.462 e. The molecule has 398 valence electrons. The van der Waals surface area contributed by atoms with Gasteiger partial charge in [0.15, 0.2) is 6.10 Å². The predicted octanol–water partition coefficient (Wildman–Crippen LogP) is 20.1. The van der Waals surface area contributed by atoms with Crippen molar-refractivity contribution >= 4 is 11.9 Å². The molecule has 0 saturated carbocycles. The van der Waals surface area contributed by atoms with Crippen LogP contribution < -0.4 is 0 Å². The molecule has 0 aromatic heterocycles. The van der Waals surface area contributed by atoms with E-state index in [1.165, 1.54) is 116 Å². The molecule has 0 saturated heterocycles. The van der Waals surface area contributed by atoms with Gasteiger partial charge >= 0.3 is 11.9 Å². The Labute approximate surface area is 433 Å². The first-order valence-corrected chi connectivity index (χ1v) is 29.1. The fourth-order valence-corrected chi connectivity index (χ4v) is 7.70. The zero-order valence-electron chi connectivity index (χ0n) is 45.7. The molecule has 0 heterocycles. The number of hydrogen-bond acceptors (Lipinski definition) is 5. The van der Waals surface area contributed by atoms with Crippen LogP contribution in [0.25, 0.3) is 0 Å². The van der Waals surface area contributed by atoms with Gasteiger partial charge in [-0.25, -0.2) is 0 Å². The van der Waals surface area contributed by atoms with Gasteiger partial charge in [-0.15, -0.1) is 0 Å². The van der Waals surface area contributed by atoms with Gasteiger partial charge < -0.3 is 14.2 Å². The molecule has 0 fully saturated rings. The van der Waals surface area contributed by atoms with E-state index >= 15 is 0 Å². The molecule has 0 amide bonds. The summed E-state index contributed by atoms with van der Waals surface area (Å²) in [5, 5.41) is 0. The van der Waals surface area contributed by atoms with Crippen molar-refractivity contribution in [3.63, 3.8) is 0 Å². The molecule has 0 aromatic rings. The Morgan fingerprint density at radius 1 is 0.329 bits per heavy atom. The molecule has 5 heteroatoms. The maximum atomic E-state index is 12.9. The maximum Gasteiger partial charge on any atom is 0.306 e. The van der Waals surface area contributed by atoms with E-state index < -0.39 is 6.10 Å². The molecule has 0 rings (SSSR count). The van der Waals surface area contributed by atoms with Crippen molar-refractivity contribution in [1.29, 1.82) is 0 Å². The second-order valence-electron chi connectivity index (χ2n) is 18.8. The lowest BCUT2D eigenvalue weighted by Crippen LogP contribution is -2.30. The summed E-state index contributed by atoms with van der Waals surface area (Å²) in [5.41, 5.74) is 0. The van der Waals surface area contributed by atoms with Gasteiger partial charge in [-0.1, -0.05) is 258 Å². The highest BCUT2D eigenvalue weighted by atomic mass is 16.6. The number of unbranched alkanes of at least 4 members (excludes halogenated alkanes) is 21. The summed E-state index contributed by atoms with van der Waals surface area (Å²) in [5.74, 6) is -0.530. The Hall–Kier alpha value is -3.70. The third-order valence-corrected chi connectivity index (χ3v) is 12.0. The third-order valence-electron chi connectivity index (χ3n) is 12.0. The largest absolute Gasteiger partial charge is 0.462 e. The number of ether oxygens (including phenoxy) is 3. The van der Waals surface area contributed by atoms with E-state index in [-0.39, 0.29) is 25.2 Å². The van der Waals surface area contributed by atoms with Crippen molar-refractivity contribution < 1.29 is 23.8 Å². The monoisotopic (exact) mass is 969 g/mol. The molecule has 0 N–H and O–H groups in total. The lowest BCUT2D eigenvalue weighted by atomic mass is 10.0. The minimum absolute atomic E-state index is 0.0271. The van der Waals surface area contributed by atoms with Crippen LogP contribution in [0.15, 0.2) is 122 Å². The second kappa shape index (κ2) is 59.6. The first-order valence-electron chi connectivity index (χ1n) is 29.1. The van der Waals surface area contributed by atoms with Crippen molar-refractivity contribution in [2.24, 2.45) is 0 Å². The van der Waals surface area contributed by atoms with E-state index in [2.05, 4.69) is 136 Å². The summed E-state index contributed by atoms with van der Waals surface area (Å²) < 4.78 is 17.4. The van der Waals surface area contributed by atoms with Gasteiger partial charge in [-0.3, -0.25) is 9.59 Å².